The molecule has 0 radical (unpaired) electrons. The van der Waals surface area contributed by atoms with Gasteiger partial charge in [0.05, 0.1) is 0 Å². The lowest BCUT2D eigenvalue weighted by Crippen LogP contribution is -2.18. The summed E-state index contributed by atoms with van der Waals surface area (Å²) in [6.45, 7) is 6.70. The van der Waals surface area contributed by atoms with E-state index in [0.29, 0.717) is 0 Å². The summed E-state index contributed by atoms with van der Waals surface area (Å²) in [6.07, 6.45) is 3.96. The second-order valence-corrected chi connectivity index (χ2v) is 5.21. The van der Waals surface area contributed by atoms with Crippen molar-refractivity contribution < 1.29 is 0 Å². The fourth-order valence-corrected chi connectivity index (χ4v) is 2.51. The monoisotopic (exact) mass is 237 g/mol. The van der Waals surface area contributed by atoms with E-state index in [9.17, 15) is 0 Å². The number of hydrogen-bond donors (Lipinski definition) is 1. The van der Waals surface area contributed by atoms with E-state index in [4.69, 9.17) is 0 Å². The standard InChI is InChI=1S/C14H23NS/c1-3-4-7-10-15-11-12-16-14-9-6-5-8-13(14)2/h5-6,8-9,15H,3-4,7,10-12H2,1-2H3. The number of benzene rings is 1. The van der Waals surface area contributed by atoms with Crippen molar-refractivity contribution in [1.82, 2.24) is 5.32 Å². The molecule has 0 bridgehead atoms. The van der Waals surface area contributed by atoms with Gasteiger partial charge in [-0.25, -0.2) is 0 Å². The average Bonchev–Trinajstić information content (AvgIpc) is 2.30. The summed E-state index contributed by atoms with van der Waals surface area (Å²) in [5, 5.41) is 3.49. The van der Waals surface area contributed by atoms with Gasteiger partial charge in [-0.1, -0.05) is 38.0 Å². The van der Waals surface area contributed by atoms with Gasteiger partial charge in [0.15, 0.2) is 0 Å². The smallest absolute Gasteiger partial charge is 0.0106 e. The molecule has 0 saturated heterocycles. The van der Waals surface area contributed by atoms with Gasteiger partial charge in [-0.3, -0.25) is 0 Å². The predicted molar refractivity (Wildman–Crippen MR) is 74.3 cm³/mol. The molecule has 0 amide bonds. The molecular weight excluding hydrogens is 214 g/mol. The zero-order chi connectivity index (χ0) is 11.6. The normalized spacial score (nSPS) is 10.6. The first-order valence-electron chi connectivity index (χ1n) is 6.23. The highest BCUT2D eigenvalue weighted by Gasteiger charge is 1.96. The van der Waals surface area contributed by atoms with E-state index in [1.807, 2.05) is 11.8 Å². The molecule has 1 nitrogen and oxygen atoms in total. The molecular formula is C14H23NS. The predicted octanol–water partition coefficient (Wildman–Crippen LogP) is 3.87. The van der Waals surface area contributed by atoms with Crippen molar-refractivity contribution >= 4 is 11.8 Å². The average molecular weight is 237 g/mol. The summed E-state index contributed by atoms with van der Waals surface area (Å²) < 4.78 is 0. The van der Waals surface area contributed by atoms with E-state index in [1.54, 1.807) is 0 Å². The molecule has 1 rings (SSSR count). The Balaban J connectivity index is 2.05. The zero-order valence-corrected chi connectivity index (χ0v) is 11.3. The van der Waals surface area contributed by atoms with Crippen LogP contribution in [0.2, 0.25) is 0 Å². The van der Waals surface area contributed by atoms with Gasteiger partial charge in [-0.2, -0.15) is 0 Å². The largest absolute Gasteiger partial charge is 0.316 e. The summed E-state index contributed by atoms with van der Waals surface area (Å²) in [4.78, 5) is 1.41. The molecule has 0 aliphatic heterocycles. The molecule has 0 aromatic heterocycles. The molecule has 2 heteroatoms. The van der Waals surface area contributed by atoms with Crippen LogP contribution in [0.5, 0.6) is 0 Å². The van der Waals surface area contributed by atoms with E-state index < -0.39 is 0 Å². The number of aryl methyl sites for hydroxylation is 1. The SMILES string of the molecule is CCCCCNCCSc1ccccc1C. The molecule has 1 aromatic rings. The Hall–Kier alpha value is -0.470. The Labute approximate surface area is 104 Å². The summed E-state index contributed by atoms with van der Waals surface area (Å²) in [5.74, 6) is 1.16. The van der Waals surface area contributed by atoms with Crippen LogP contribution in [0.15, 0.2) is 29.2 Å². The highest BCUT2D eigenvalue weighted by molar-refractivity contribution is 7.99. The van der Waals surface area contributed by atoms with Gasteiger partial charge < -0.3 is 5.32 Å². The third-order valence-corrected chi connectivity index (χ3v) is 3.76. The fourth-order valence-electron chi connectivity index (χ4n) is 1.58. The highest BCUT2D eigenvalue weighted by atomic mass is 32.2. The maximum Gasteiger partial charge on any atom is 0.0106 e. The summed E-state index contributed by atoms with van der Waals surface area (Å²) in [7, 11) is 0. The lowest BCUT2D eigenvalue weighted by atomic mass is 10.2. The van der Waals surface area contributed by atoms with E-state index in [2.05, 4.69) is 43.4 Å². The minimum absolute atomic E-state index is 1.11. The van der Waals surface area contributed by atoms with Crippen LogP contribution in [0.4, 0.5) is 0 Å². The Morgan fingerprint density at radius 1 is 1.12 bits per heavy atom. The summed E-state index contributed by atoms with van der Waals surface area (Å²) in [5.41, 5.74) is 1.39. The molecule has 0 spiro atoms. The molecule has 0 aliphatic carbocycles. The van der Waals surface area contributed by atoms with Crippen molar-refractivity contribution in [2.45, 2.75) is 38.0 Å². The van der Waals surface area contributed by atoms with Crippen LogP contribution in [0.1, 0.15) is 31.7 Å². The van der Waals surface area contributed by atoms with Crippen molar-refractivity contribution in [3.8, 4) is 0 Å². The molecule has 0 heterocycles. The van der Waals surface area contributed by atoms with Crippen LogP contribution in [0.25, 0.3) is 0 Å². The molecule has 0 atom stereocenters. The van der Waals surface area contributed by atoms with Gasteiger partial charge in [0, 0.05) is 17.2 Å². The molecule has 1 aromatic carbocycles. The quantitative estimate of drug-likeness (QED) is 0.544. The Morgan fingerprint density at radius 3 is 2.69 bits per heavy atom. The van der Waals surface area contributed by atoms with Gasteiger partial charge in [0.1, 0.15) is 0 Å². The van der Waals surface area contributed by atoms with Gasteiger partial charge in [0.25, 0.3) is 0 Å². The third-order valence-electron chi connectivity index (χ3n) is 2.59. The van der Waals surface area contributed by atoms with Gasteiger partial charge in [0.2, 0.25) is 0 Å². The van der Waals surface area contributed by atoms with E-state index in [0.717, 1.165) is 12.3 Å². The van der Waals surface area contributed by atoms with Crippen molar-refractivity contribution in [2.75, 3.05) is 18.8 Å². The lowest BCUT2D eigenvalue weighted by Gasteiger charge is -2.06. The van der Waals surface area contributed by atoms with Crippen LogP contribution in [0, 0.1) is 6.92 Å². The molecule has 0 unspecified atom stereocenters. The van der Waals surface area contributed by atoms with Gasteiger partial charge in [-0.05, 0) is 31.5 Å². The summed E-state index contributed by atoms with van der Waals surface area (Å²) in [6, 6.07) is 8.60. The molecule has 0 aliphatic rings. The minimum atomic E-state index is 1.11. The van der Waals surface area contributed by atoms with Crippen LogP contribution in [-0.4, -0.2) is 18.8 Å². The Morgan fingerprint density at radius 2 is 1.94 bits per heavy atom. The van der Waals surface area contributed by atoms with Crippen molar-refractivity contribution in [3.05, 3.63) is 29.8 Å². The maximum absolute atomic E-state index is 3.49. The minimum Gasteiger partial charge on any atom is -0.316 e. The number of thioether (sulfide) groups is 1. The second kappa shape index (κ2) is 8.66. The van der Waals surface area contributed by atoms with Gasteiger partial charge in [-0.15, -0.1) is 11.8 Å². The van der Waals surface area contributed by atoms with Crippen molar-refractivity contribution in [3.63, 3.8) is 0 Å². The fraction of sp³-hybridized carbons (Fsp3) is 0.571. The first-order chi connectivity index (χ1) is 7.84. The molecule has 0 fully saturated rings. The van der Waals surface area contributed by atoms with E-state index in [1.165, 1.54) is 36.3 Å². The van der Waals surface area contributed by atoms with E-state index in [-0.39, 0.29) is 0 Å². The number of unbranched alkanes of at least 4 members (excludes halogenated alkanes) is 2. The lowest BCUT2D eigenvalue weighted by molar-refractivity contribution is 0.636. The van der Waals surface area contributed by atoms with Crippen LogP contribution in [0.3, 0.4) is 0 Å². The number of rotatable bonds is 8. The maximum atomic E-state index is 3.49. The Bertz CT molecular complexity index is 286. The number of hydrogen-bond acceptors (Lipinski definition) is 2. The number of nitrogens with one attached hydrogen (secondary N) is 1. The molecule has 0 saturated carbocycles. The van der Waals surface area contributed by atoms with Gasteiger partial charge >= 0.3 is 0 Å². The Kier molecular flexibility index (Phi) is 7.35. The molecule has 16 heavy (non-hydrogen) atoms. The van der Waals surface area contributed by atoms with E-state index >= 15 is 0 Å². The van der Waals surface area contributed by atoms with Crippen molar-refractivity contribution in [2.24, 2.45) is 0 Å². The highest BCUT2D eigenvalue weighted by Crippen LogP contribution is 2.20. The topological polar surface area (TPSA) is 12.0 Å². The van der Waals surface area contributed by atoms with Crippen LogP contribution in [-0.2, 0) is 0 Å². The molecule has 1 N–H and O–H groups in total. The zero-order valence-electron chi connectivity index (χ0n) is 10.5. The van der Waals surface area contributed by atoms with Crippen LogP contribution < -0.4 is 5.32 Å². The second-order valence-electron chi connectivity index (χ2n) is 4.07. The first kappa shape index (κ1) is 13.6. The summed E-state index contributed by atoms with van der Waals surface area (Å²) >= 11 is 1.95. The molecule has 90 valence electrons. The van der Waals surface area contributed by atoms with Crippen molar-refractivity contribution in [1.29, 1.82) is 0 Å². The van der Waals surface area contributed by atoms with Crippen LogP contribution >= 0.6 is 11.8 Å². The first-order valence-corrected chi connectivity index (χ1v) is 7.22. The third kappa shape index (κ3) is 5.57.